The first-order valence-corrected chi connectivity index (χ1v) is 8.25. The third kappa shape index (κ3) is 3.11. The van der Waals surface area contributed by atoms with Crippen molar-refractivity contribution in [2.24, 2.45) is 5.73 Å². The molecule has 0 atom stereocenters. The molecule has 2 rings (SSSR count). The number of rotatable bonds is 4. The van der Waals surface area contributed by atoms with Gasteiger partial charge in [-0.05, 0) is 37.5 Å². The predicted octanol–water partition coefficient (Wildman–Crippen LogP) is 2.20. The second kappa shape index (κ2) is 5.40. The fraction of sp³-hybridized carbons (Fsp3) is 0.538. The van der Waals surface area contributed by atoms with E-state index in [1.165, 1.54) is 0 Å². The summed E-state index contributed by atoms with van der Waals surface area (Å²) < 4.78 is 27.6. The molecule has 0 unspecified atom stereocenters. The number of sulfonamides is 1. The Morgan fingerprint density at radius 3 is 2.53 bits per heavy atom. The lowest BCUT2D eigenvalue weighted by molar-refractivity contribution is 0.399. The van der Waals surface area contributed by atoms with Crippen LogP contribution in [0, 0.1) is 6.92 Å². The quantitative estimate of drug-likeness (QED) is 0.895. The highest BCUT2D eigenvalue weighted by molar-refractivity contribution is 7.89. The van der Waals surface area contributed by atoms with Gasteiger partial charge in [-0.15, -0.1) is 0 Å². The van der Waals surface area contributed by atoms with Crippen molar-refractivity contribution in [1.29, 1.82) is 0 Å². The van der Waals surface area contributed by atoms with Crippen LogP contribution in [0.2, 0.25) is 5.02 Å². The Morgan fingerprint density at radius 1 is 1.37 bits per heavy atom. The monoisotopic (exact) mass is 302 g/mol. The summed E-state index contributed by atoms with van der Waals surface area (Å²) in [5.41, 5.74) is 6.18. The molecule has 1 fully saturated rings. The maximum Gasteiger partial charge on any atom is 0.242 e. The molecule has 3 N–H and O–H groups in total. The zero-order valence-electron chi connectivity index (χ0n) is 10.9. The summed E-state index contributed by atoms with van der Waals surface area (Å²) in [7, 11) is -3.62. The number of nitrogens with one attached hydrogen (secondary N) is 1. The van der Waals surface area contributed by atoms with Crippen molar-refractivity contribution in [2.45, 2.75) is 43.0 Å². The van der Waals surface area contributed by atoms with Crippen molar-refractivity contribution in [2.75, 3.05) is 6.54 Å². The average molecular weight is 303 g/mol. The van der Waals surface area contributed by atoms with Gasteiger partial charge in [-0.3, -0.25) is 0 Å². The maximum atomic E-state index is 12.4. The van der Waals surface area contributed by atoms with E-state index in [9.17, 15) is 8.42 Å². The van der Waals surface area contributed by atoms with E-state index in [1.54, 1.807) is 18.2 Å². The molecule has 4 nitrogen and oxygen atoms in total. The lowest BCUT2D eigenvalue weighted by Crippen LogP contribution is -2.51. The van der Waals surface area contributed by atoms with E-state index in [0.29, 0.717) is 6.54 Å². The van der Waals surface area contributed by atoms with Crippen molar-refractivity contribution >= 4 is 21.6 Å². The highest BCUT2D eigenvalue weighted by Gasteiger charge is 2.37. The van der Waals surface area contributed by atoms with Gasteiger partial charge < -0.3 is 5.73 Å². The Bertz CT molecular complexity index is 566. The molecule has 1 aliphatic carbocycles. The van der Waals surface area contributed by atoms with Gasteiger partial charge in [-0.1, -0.05) is 30.5 Å². The average Bonchev–Trinajstić information content (AvgIpc) is 2.77. The molecule has 1 saturated carbocycles. The minimum atomic E-state index is -3.62. The summed E-state index contributed by atoms with van der Waals surface area (Å²) in [6, 6.07) is 4.93. The van der Waals surface area contributed by atoms with Gasteiger partial charge in [0.05, 0.1) is 5.02 Å². The van der Waals surface area contributed by atoms with Crippen LogP contribution >= 0.6 is 11.6 Å². The van der Waals surface area contributed by atoms with E-state index < -0.39 is 15.6 Å². The molecule has 0 aliphatic heterocycles. The van der Waals surface area contributed by atoms with E-state index in [4.69, 9.17) is 17.3 Å². The van der Waals surface area contributed by atoms with Crippen molar-refractivity contribution < 1.29 is 8.42 Å². The van der Waals surface area contributed by atoms with E-state index in [0.717, 1.165) is 31.2 Å². The lowest BCUT2D eigenvalue weighted by atomic mass is 10.0. The van der Waals surface area contributed by atoms with Gasteiger partial charge in [0.2, 0.25) is 10.0 Å². The van der Waals surface area contributed by atoms with Gasteiger partial charge >= 0.3 is 0 Å². The van der Waals surface area contributed by atoms with Crippen LogP contribution in [-0.4, -0.2) is 20.5 Å². The highest BCUT2D eigenvalue weighted by Crippen LogP contribution is 2.31. The minimum Gasteiger partial charge on any atom is -0.329 e. The first-order valence-electron chi connectivity index (χ1n) is 6.39. The summed E-state index contributed by atoms with van der Waals surface area (Å²) in [5, 5.41) is 0.248. The summed E-state index contributed by atoms with van der Waals surface area (Å²) in [6.45, 7) is 2.18. The van der Waals surface area contributed by atoms with Gasteiger partial charge in [0.1, 0.15) is 4.90 Å². The van der Waals surface area contributed by atoms with Gasteiger partial charge in [0.25, 0.3) is 0 Å². The molecule has 0 bridgehead atoms. The molecule has 106 valence electrons. The van der Waals surface area contributed by atoms with Crippen LogP contribution in [-0.2, 0) is 10.0 Å². The molecule has 0 saturated heterocycles. The summed E-state index contributed by atoms with van der Waals surface area (Å²) in [4.78, 5) is 0.125. The normalized spacial score (nSPS) is 18.7. The van der Waals surface area contributed by atoms with E-state index in [-0.39, 0.29) is 9.92 Å². The topological polar surface area (TPSA) is 72.2 Å². The number of halogens is 1. The third-order valence-electron chi connectivity index (χ3n) is 3.68. The van der Waals surface area contributed by atoms with Crippen molar-refractivity contribution in [1.82, 2.24) is 4.72 Å². The SMILES string of the molecule is Cc1ccc(S(=O)(=O)NC2(CN)CCCC2)c(Cl)c1. The number of hydrogen-bond donors (Lipinski definition) is 2. The molecule has 1 aliphatic rings. The molecule has 0 heterocycles. The molecule has 6 heteroatoms. The van der Waals surface area contributed by atoms with Crippen LogP contribution in [0.4, 0.5) is 0 Å². The molecular formula is C13H19ClN2O2S. The maximum absolute atomic E-state index is 12.4. The summed E-state index contributed by atoms with van der Waals surface area (Å²) in [5.74, 6) is 0. The Hall–Kier alpha value is -0.620. The van der Waals surface area contributed by atoms with Crippen molar-refractivity contribution in [3.05, 3.63) is 28.8 Å². The van der Waals surface area contributed by atoms with Crippen molar-refractivity contribution in [3.8, 4) is 0 Å². The molecule has 0 radical (unpaired) electrons. The van der Waals surface area contributed by atoms with Crippen LogP contribution in [0.5, 0.6) is 0 Å². The van der Waals surface area contributed by atoms with Crippen LogP contribution in [0.25, 0.3) is 0 Å². The smallest absolute Gasteiger partial charge is 0.242 e. The Balaban J connectivity index is 2.32. The Morgan fingerprint density at radius 2 is 2.00 bits per heavy atom. The van der Waals surface area contributed by atoms with Gasteiger partial charge in [0.15, 0.2) is 0 Å². The fourth-order valence-corrected chi connectivity index (χ4v) is 4.63. The van der Waals surface area contributed by atoms with Crippen LogP contribution in [0.3, 0.4) is 0 Å². The number of benzene rings is 1. The lowest BCUT2D eigenvalue weighted by Gasteiger charge is -2.28. The van der Waals surface area contributed by atoms with Gasteiger partial charge in [-0.25, -0.2) is 13.1 Å². The fourth-order valence-electron chi connectivity index (χ4n) is 2.56. The second-order valence-electron chi connectivity index (χ2n) is 5.23. The zero-order chi connectivity index (χ0) is 14.1. The predicted molar refractivity (Wildman–Crippen MR) is 76.8 cm³/mol. The van der Waals surface area contributed by atoms with Gasteiger partial charge in [-0.2, -0.15) is 0 Å². The molecule has 0 amide bonds. The largest absolute Gasteiger partial charge is 0.329 e. The number of nitrogens with two attached hydrogens (primary N) is 1. The molecule has 1 aromatic carbocycles. The summed E-state index contributed by atoms with van der Waals surface area (Å²) >= 11 is 6.04. The first-order chi connectivity index (χ1) is 8.88. The second-order valence-corrected chi connectivity index (χ2v) is 7.29. The van der Waals surface area contributed by atoms with Crippen LogP contribution in [0.1, 0.15) is 31.2 Å². The number of hydrogen-bond acceptors (Lipinski definition) is 3. The van der Waals surface area contributed by atoms with E-state index >= 15 is 0 Å². The van der Waals surface area contributed by atoms with E-state index in [1.807, 2.05) is 6.92 Å². The molecule has 1 aromatic rings. The van der Waals surface area contributed by atoms with Crippen molar-refractivity contribution in [3.63, 3.8) is 0 Å². The summed E-state index contributed by atoms with van der Waals surface area (Å²) in [6.07, 6.45) is 3.57. The molecule has 0 aromatic heterocycles. The molecule has 0 spiro atoms. The highest BCUT2D eigenvalue weighted by atomic mass is 35.5. The third-order valence-corrected chi connectivity index (χ3v) is 5.74. The Labute approximate surface area is 119 Å². The van der Waals surface area contributed by atoms with E-state index in [2.05, 4.69) is 4.72 Å². The first kappa shape index (κ1) is 14.8. The standard InChI is InChI=1S/C13H19ClN2O2S/c1-10-4-5-12(11(14)8-10)19(17,18)16-13(9-15)6-2-3-7-13/h4-5,8,16H,2-3,6-7,9,15H2,1H3. The molecular weight excluding hydrogens is 284 g/mol. The Kier molecular flexibility index (Phi) is 4.20. The zero-order valence-corrected chi connectivity index (χ0v) is 12.5. The molecule has 19 heavy (non-hydrogen) atoms. The van der Waals surface area contributed by atoms with Crippen LogP contribution < -0.4 is 10.5 Å². The van der Waals surface area contributed by atoms with Crippen LogP contribution in [0.15, 0.2) is 23.1 Å². The minimum absolute atomic E-state index is 0.125. The number of aryl methyl sites for hydroxylation is 1. The van der Waals surface area contributed by atoms with Gasteiger partial charge in [0, 0.05) is 12.1 Å².